The van der Waals surface area contributed by atoms with Crippen molar-refractivity contribution in [2.24, 2.45) is 11.7 Å². The highest BCUT2D eigenvalue weighted by Crippen LogP contribution is 2.24. The number of esters is 1. The van der Waals surface area contributed by atoms with Gasteiger partial charge in [0.2, 0.25) is 0 Å². The maximum Gasteiger partial charge on any atom is 0.333 e. The molecule has 3 aromatic rings. The minimum atomic E-state index is -0.303. The predicted octanol–water partition coefficient (Wildman–Crippen LogP) is 7.21. The molecule has 7 nitrogen and oxygen atoms in total. The molecule has 4 rings (SSSR count). The number of allylic oxidation sites excluding steroid dienone is 2. The molecular weight excluding hydrogens is 560 g/mol. The highest BCUT2D eigenvalue weighted by Gasteiger charge is 2.19. The number of thiazole rings is 1. The lowest BCUT2D eigenvalue weighted by Crippen LogP contribution is -2.18. The average molecular weight is 603 g/mol. The van der Waals surface area contributed by atoms with E-state index in [4.69, 9.17) is 15.2 Å². The van der Waals surface area contributed by atoms with Crippen molar-refractivity contribution in [3.05, 3.63) is 99.0 Å². The second-order valence-corrected chi connectivity index (χ2v) is 11.5. The molecule has 228 valence electrons. The third kappa shape index (κ3) is 11.7. The van der Waals surface area contributed by atoms with Crippen LogP contribution in [-0.4, -0.2) is 29.6 Å². The quantitative estimate of drug-likeness (QED) is 0.0767. The Morgan fingerprint density at radius 2 is 1.72 bits per heavy atom. The molecule has 1 aliphatic rings. The second kappa shape index (κ2) is 17.9. The number of benzene rings is 2. The third-order valence-corrected chi connectivity index (χ3v) is 8.02. The van der Waals surface area contributed by atoms with Gasteiger partial charge in [-0.15, -0.1) is 11.3 Å². The van der Waals surface area contributed by atoms with Crippen LogP contribution in [0.1, 0.15) is 80.7 Å². The largest absolute Gasteiger partial charge is 0.489 e. The number of rotatable bonds is 12. The zero-order valence-corrected chi connectivity index (χ0v) is 26.1. The van der Waals surface area contributed by atoms with E-state index in [2.05, 4.69) is 4.98 Å². The fourth-order valence-electron chi connectivity index (χ4n) is 4.74. The number of carbonyl (C=O) groups is 3. The summed E-state index contributed by atoms with van der Waals surface area (Å²) in [5.74, 6) is 0.396. The molecule has 1 unspecified atom stereocenters. The van der Waals surface area contributed by atoms with Crippen LogP contribution < -0.4 is 10.5 Å². The summed E-state index contributed by atoms with van der Waals surface area (Å²) in [5.41, 5.74) is 11.0. The Labute approximate surface area is 258 Å². The lowest BCUT2D eigenvalue weighted by Gasteiger charge is -2.17. The summed E-state index contributed by atoms with van der Waals surface area (Å²) in [6.45, 7) is 6.38. The summed E-state index contributed by atoms with van der Waals surface area (Å²) in [7, 11) is 0. The number of Topliss-reactive ketones (excluding diaryl/α,β-unsaturated/α-hetero) is 1. The van der Waals surface area contributed by atoms with Gasteiger partial charge in [-0.1, -0.05) is 61.7 Å². The van der Waals surface area contributed by atoms with E-state index in [9.17, 15) is 14.4 Å². The van der Waals surface area contributed by atoms with Crippen molar-refractivity contribution in [1.29, 1.82) is 0 Å². The second-order valence-electron chi connectivity index (χ2n) is 10.6. The maximum absolute atomic E-state index is 11.8. The number of aldehydes is 1. The molecule has 0 amide bonds. The minimum Gasteiger partial charge on any atom is -0.489 e. The number of nitrogens with two attached hydrogens (primary N) is 1. The fraction of sp³-hybridized carbons (Fsp3) is 0.371. The van der Waals surface area contributed by atoms with Crippen molar-refractivity contribution in [3.8, 4) is 5.75 Å². The molecular formula is C35H42N2O5S. The van der Waals surface area contributed by atoms with Crippen molar-refractivity contribution in [2.45, 2.75) is 71.9 Å². The van der Waals surface area contributed by atoms with Crippen LogP contribution in [0.3, 0.4) is 0 Å². The van der Waals surface area contributed by atoms with E-state index in [-0.39, 0.29) is 23.7 Å². The Kier molecular flexibility index (Phi) is 14.0. The van der Waals surface area contributed by atoms with Crippen LogP contribution in [-0.2, 0) is 32.1 Å². The first-order valence-electron chi connectivity index (χ1n) is 14.8. The standard InChI is InChI=1S/C27H30N2O3S.C8H12O2/c1-4-31-27(30)20(3)14-19(2)15-23-18-33-26(29-23)25(28)16-21-10-12-24(13-11-21)32-17-22-8-6-5-7-9-22;9-6-8(10)7-4-2-1-3-5-7/h5-15,18,25H,4,16-17,28H2,1-3H3;6-7H,1-5H2/b19-15+,20-14-;. The Morgan fingerprint density at radius 3 is 2.37 bits per heavy atom. The molecule has 2 aromatic carbocycles. The van der Waals surface area contributed by atoms with Crippen LogP contribution in [0.4, 0.5) is 0 Å². The number of hydrogen-bond acceptors (Lipinski definition) is 8. The van der Waals surface area contributed by atoms with Crippen LogP contribution in [0.15, 0.2) is 77.2 Å². The fourth-order valence-corrected chi connectivity index (χ4v) is 5.52. The molecule has 1 fully saturated rings. The summed E-state index contributed by atoms with van der Waals surface area (Å²) >= 11 is 1.54. The molecule has 0 radical (unpaired) electrons. The molecule has 1 aromatic heterocycles. The van der Waals surface area contributed by atoms with Gasteiger partial charge >= 0.3 is 5.97 Å². The minimum absolute atomic E-state index is 0.0613. The summed E-state index contributed by atoms with van der Waals surface area (Å²) < 4.78 is 10.9. The van der Waals surface area contributed by atoms with Crippen molar-refractivity contribution in [3.63, 3.8) is 0 Å². The van der Waals surface area contributed by atoms with E-state index < -0.39 is 0 Å². The van der Waals surface area contributed by atoms with Crippen molar-refractivity contribution in [1.82, 2.24) is 4.98 Å². The van der Waals surface area contributed by atoms with Gasteiger partial charge in [0.05, 0.1) is 18.3 Å². The lowest BCUT2D eigenvalue weighted by molar-refractivity contribution is -0.138. The first-order chi connectivity index (χ1) is 20.8. The Bertz CT molecular complexity index is 1370. The summed E-state index contributed by atoms with van der Waals surface area (Å²) in [4.78, 5) is 37.3. The van der Waals surface area contributed by atoms with Gasteiger partial charge < -0.3 is 15.2 Å². The summed E-state index contributed by atoms with van der Waals surface area (Å²) in [6, 6.07) is 17.9. The monoisotopic (exact) mass is 602 g/mol. The van der Waals surface area contributed by atoms with Gasteiger partial charge in [0, 0.05) is 16.9 Å². The number of ketones is 1. The zero-order chi connectivity index (χ0) is 31.0. The Morgan fingerprint density at radius 1 is 1.02 bits per heavy atom. The molecule has 2 N–H and O–H groups in total. The topological polar surface area (TPSA) is 109 Å². The van der Waals surface area contributed by atoms with Gasteiger partial charge in [-0.25, -0.2) is 9.78 Å². The smallest absolute Gasteiger partial charge is 0.333 e. The Balaban J connectivity index is 0.000000428. The highest BCUT2D eigenvalue weighted by atomic mass is 32.1. The maximum atomic E-state index is 11.8. The zero-order valence-electron chi connectivity index (χ0n) is 25.3. The predicted molar refractivity (Wildman–Crippen MR) is 172 cm³/mol. The van der Waals surface area contributed by atoms with Gasteiger partial charge in [0.15, 0.2) is 12.1 Å². The first-order valence-corrected chi connectivity index (χ1v) is 15.7. The van der Waals surface area contributed by atoms with E-state index in [1.165, 1.54) is 6.42 Å². The number of nitrogens with zero attached hydrogens (tertiary/aromatic N) is 1. The first kappa shape index (κ1) is 33.6. The SMILES string of the molecule is CCOC(=O)/C(C)=C\C(C)=C\c1csc(C(N)Cc2ccc(OCc3ccccc3)cc2)n1.O=CC(=O)C1CCCCC1. The number of carbonyl (C=O) groups excluding carboxylic acids is 3. The van der Waals surface area contributed by atoms with E-state index in [0.29, 0.717) is 31.5 Å². The molecule has 0 saturated heterocycles. The van der Waals surface area contributed by atoms with E-state index >= 15 is 0 Å². The molecule has 8 heteroatoms. The summed E-state index contributed by atoms with van der Waals surface area (Å²) in [5, 5.41) is 2.86. The van der Waals surface area contributed by atoms with Crippen LogP contribution in [0.5, 0.6) is 5.75 Å². The van der Waals surface area contributed by atoms with Gasteiger partial charge in [-0.05, 0) is 81.0 Å². The van der Waals surface area contributed by atoms with E-state index in [0.717, 1.165) is 58.8 Å². The molecule has 1 aliphatic carbocycles. The molecule has 1 saturated carbocycles. The lowest BCUT2D eigenvalue weighted by atomic mass is 9.87. The number of hydrogen-bond donors (Lipinski definition) is 1. The van der Waals surface area contributed by atoms with E-state index in [1.807, 2.05) is 73.0 Å². The molecule has 0 aliphatic heterocycles. The van der Waals surface area contributed by atoms with Crippen molar-refractivity contribution < 1.29 is 23.9 Å². The van der Waals surface area contributed by atoms with Gasteiger partial charge in [0.1, 0.15) is 17.4 Å². The van der Waals surface area contributed by atoms with Crippen molar-refractivity contribution >= 4 is 35.5 Å². The molecule has 1 atom stereocenters. The number of aromatic nitrogens is 1. The molecule has 0 spiro atoms. The van der Waals surface area contributed by atoms with Crippen LogP contribution in [0.25, 0.3) is 6.08 Å². The Hall–Kier alpha value is -3.88. The van der Waals surface area contributed by atoms with Crippen molar-refractivity contribution in [2.75, 3.05) is 6.61 Å². The average Bonchev–Trinajstić information content (AvgIpc) is 3.50. The van der Waals surface area contributed by atoms with Gasteiger partial charge in [-0.3, -0.25) is 9.59 Å². The summed E-state index contributed by atoms with van der Waals surface area (Å²) in [6.07, 6.45) is 10.2. The van der Waals surface area contributed by atoms with Gasteiger partial charge in [0.25, 0.3) is 0 Å². The normalized spacial score (nSPS) is 14.7. The number of ether oxygens (including phenoxy) is 2. The molecule has 43 heavy (non-hydrogen) atoms. The third-order valence-electron chi connectivity index (χ3n) is 7.03. The van der Waals surface area contributed by atoms with E-state index in [1.54, 1.807) is 31.3 Å². The van der Waals surface area contributed by atoms with Crippen LogP contribution >= 0.6 is 11.3 Å². The van der Waals surface area contributed by atoms with Crippen LogP contribution in [0.2, 0.25) is 0 Å². The molecule has 0 bridgehead atoms. The molecule has 1 heterocycles. The van der Waals surface area contributed by atoms with Gasteiger partial charge in [-0.2, -0.15) is 0 Å². The van der Waals surface area contributed by atoms with Crippen LogP contribution in [0, 0.1) is 5.92 Å². The highest BCUT2D eigenvalue weighted by molar-refractivity contribution is 7.09.